The minimum atomic E-state index is -4.85. The largest absolute Gasteiger partial charge is 1.00 e. The first-order valence-electron chi connectivity index (χ1n) is 18.1. The van der Waals surface area contributed by atoms with Crippen molar-refractivity contribution in [2.45, 2.75) is 154 Å². The van der Waals surface area contributed by atoms with E-state index < -0.39 is 50.2 Å². The molecule has 0 bridgehead atoms. The zero-order chi connectivity index (χ0) is 35.9. The number of hydrogen-bond acceptors (Lipinski definition) is 10. The average molecular weight is 737 g/mol. The Morgan fingerprint density at radius 1 is 1.06 bits per heavy atom. The fourth-order valence-corrected chi connectivity index (χ4v) is 6.53. The van der Waals surface area contributed by atoms with Gasteiger partial charge in [0.05, 0.1) is 31.5 Å². The van der Waals surface area contributed by atoms with Gasteiger partial charge in [-0.25, -0.2) is 4.79 Å². The Kier molecular flexibility index (Phi) is 25.3. The van der Waals surface area contributed by atoms with Crippen LogP contribution in [0, 0.1) is 6.92 Å². The van der Waals surface area contributed by atoms with E-state index in [4.69, 9.17) is 24.1 Å². The molecule has 1 aromatic rings. The first kappa shape index (κ1) is 46.5. The molecule has 17 heteroatoms. The molecule has 1 amide bonds. The van der Waals surface area contributed by atoms with Crippen LogP contribution in [0.3, 0.4) is 0 Å². The maximum atomic E-state index is 12.5. The summed E-state index contributed by atoms with van der Waals surface area (Å²) in [6.45, 7) is 4.95. The Balaban J connectivity index is 0.0000125. The van der Waals surface area contributed by atoms with Crippen LogP contribution in [0.5, 0.6) is 0 Å². The molecule has 5 unspecified atom stereocenters. The summed E-state index contributed by atoms with van der Waals surface area (Å²) in [6, 6.07) is -0.843. The molecule has 0 saturated carbocycles. The van der Waals surface area contributed by atoms with Gasteiger partial charge in [0, 0.05) is 42.7 Å². The molecule has 280 valence electrons. The topological polar surface area (TPSA) is 210 Å². The molecule has 2 N–H and O–H groups in total. The van der Waals surface area contributed by atoms with Crippen molar-refractivity contribution in [3.05, 3.63) is 43.0 Å². The SMILES string of the molecule is CCCCCCCCCCCCCCCCCC(=O)NCC(COP(=O)([O-])OCC1OC(n2cc(C)c(=O)[nH]c2=O)CC1N=[N+]=[N-])OCC.[Na+]. The van der Waals surface area contributed by atoms with Crippen LogP contribution in [-0.4, -0.2) is 60.1 Å². The van der Waals surface area contributed by atoms with Crippen LogP contribution in [0.25, 0.3) is 10.4 Å². The van der Waals surface area contributed by atoms with Crippen LogP contribution < -0.4 is 51.0 Å². The number of nitrogens with one attached hydrogen (secondary N) is 2. The molecule has 1 aliphatic heterocycles. The number of H-pyrrole nitrogens is 1. The molecule has 1 saturated heterocycles. The molecule has 15 nitrogen and oxygen atoms in total. The summed E-state index contributed by atoms with van der Waals surface area (Å²) in [4.78, 5) is 53.8. The third-order valence-electron chi connectivity index (χ3n) is 8.61. The summed E-state index contributed by atoms with van der Waals surface area (Å²) in [5.74, 6) is -0.130. The van der Waals surface area contributed by atoms with Gasteiger partial charge in [-0.15, -0.1) is 0 Å². The molecule has 2 rings (SSSR count). The normalized spacial score (nSPS) is 18.9. The second-order valence-electron chi connectivity index (χ2n) is 12.7. The first-order chi connectivity index (χ1) is 23.6. The van der Waals surface area contributed by atoms with Crippen molar-refractivity contribution in [1.29, 1.82) is 0 Å². The summed E-state index contributed by atoms with van der Waals surface area (Å²) < 4.78 is 35.0. The Hall–Kier alpha value is -1.51. The van der Waals surface area contributed by atoms with Crippen LogP contribution in [0.15, 0.2) is 20.9 Å². The van der Waals surface area contributed by atoms with Crippen LogP contribution in [-0.2, 0) is 27.9 Å². The van der Waals surface area contributed by atoms with E-state index in [1.54, 1.807) is 6.92 Å². The van der Waals surface area contributed by atoms with Crippen molar-refractivity contribution < 1.29 is 62.3 Å². The number of aromatic nitrogens is 2. The molecule has 0 aromatic carbocycles. The minimum Gasteiger partial charge on any atom is -0.756 e. The van der Waals surface area contributed by atoms with E-state index in [0.717, 1.165) is 23.8 Å². The van der Waals surface area contributed by atoms with E-state index in [-0.39, 0.29) is 67.2 Å². The molecule has 0 spiro atoms. The monoisotopic (exact) mass is 736 g/mol. The summed E-state index contributed by atoms with van der Waals surface area (Å²) >= 11 is 0. The fraction of sp³-hybridized carbons (Fsp3) is 0.848. The Morgan fingerprint density at radius 3 is 2.20 bits per heavy atom. The van der Waals surface area contributed by atoms with Gasteiger partial charge in [-0.3, -0.25) is 23.7 Å². The second kappa shape index (κ2) is 27.1. The van der Waals surface area contributed by atoms with E-state index in [1.165, 1.54) is 90.2 Å². The predicted octanol–water partition coefficient (Wildman–Crippen LogP) is 3.10. The van der Waals surface area contributed by atoms with Gasteiger partial charge < -0.3 is 28.7 Å². The van der Waals surface area contributed by atoms with Gasteiger partial charge in [0.2, 0.25) is 5.91 Å². The van der Waals surface area contributed by atoms with Crippen LogP contribution in [0.4, 0.5) is 0 Å². The molecule has 1 aromatic heterocycles. The third kappa shape index (κ3) is 19.4. The number of aromatic amines is 1. The Bertz CT molecular complexity index is 1310. The number of phosphoric acid groups is 1. The predicted molar refractivity (Wildman–Crippen MR) is 185 cm³/mol. The van der Waals surface area contributed by atoms with Crippen LogP contribution >= 0.6 is 7.82 Å². The molecule has 5 atom stereocenters. The zero-order valence-electron chi connectivity index (χ0n) is 30.6. The van der Waals surface area contributed by atoms with Gasteiger partial charge in [0.1, 0.15) is 6.23 Å². The van der Waals surface area contributed by atoms with Crippen molar-refractivity contribution in [1.82, 2.24) is 14.9 Å². The van der Waals surface area contributed by atoms with Crippen molar-refractivity contribution in [3.63, 3.8) is 0 Å². The van der Waals surface area contributed by atoms with Gasteiger partial charge >= 0.3 is 35.2 Å². The number of nitrogens with zero attached hydrogens (tertiary/aromatic N) is 4. The van der Waals surface area contributed by atoms with Gasteiger partial charge in [-0.05, 0) is 25.8 Å². The second-order valence-corrected chi connectivity index (χ2v) is 14.1. The molecule has 1 fully saturated rings. The van der Waals surface area contributed by atoms with E-state index >= 15 is 0 Å². The summed E-state index contributed by atoms with van der Waals surface area (Å²) in [7, 11) is -4.85. The summed E-state index contributed by atoms with van der Waals surface area (Å²) in [6.07, 6.45) is 17.9. The standard InChI is InChI=1S/C33H59N6O9P.Na/c1-4-6-7-8-9-10-11-12-13-14-15-16-17-18-19-20-30(40)35-22-27(45-5-2)24-46-49(43,44)47-25-29-28(37-38-34)21-31(48-29)39-23-26(3)32(41)36-33(39)42;/h23,27-29,31H,4-22,24-25H2,1-3H3,(H,35,40)(H,43,44)(H,36,41,42);/q;+1/p-1. The Morgan fingerprint density at radius 2 is 1.64 bits per heavy atom. The van der Waals surface area contributed by atoms with E-state index in [2.05, 4.69) is 27.3 Å². The zero-order valence-corrected chi connectivity index (χ0v) is 33.5. The number of unbranched alkanes of at least 4 members (excludes halogenated alkanes) is 14. The average Bonchev–Trinajstić information content (AvgIpc) is 3.47. The number of aryl methyl sites for hydroxylation is 1. The number of ether oxygens (including phenoxy) is 2. The van der Waals surface area contributed by atoms with Crippen molar-refractivity contribution in [2.75, 3.05) is 26.4 Å². The number of hydrogen-bond donors (Lipinski definition) is 2. The van der Waals surface area contributed by atoms with Gasteiger partial charge in [-0.2, -0.15) is 0 Å². The molecule has 0 radical (unpaired) electrons. The molecular formula is C33H58N6NaO9P. The third-order valence-corrected chi connectivity index (χ3v) is 9.54. The van der Waals surface area contributed by atoms with Crippen LogP contribution in [0.1, 0.15) is 135 Å². The quantitative estimate of drug-likeness (QED) is 0.0323. The smallest absolute Gasteiger partial charge is 0.756 e. The summed E-state index contributed by atoms with van der Waals surface area (Å²) in [5, 5.41) is 6.44. The molecular weight excluding hydrogens is 678 g/mol. The molecule has 0 aliphatic carbocycles. The van der Waals surface area contributed by atoms with E-state index in [9.17, 15) is 23.8 Å². The minimum absolute atomic E-state index is 0. The van der Waals surface area contributed by atoms with Crippen molar-refractivity contribution >= 4 is 13.7 Å². The molecule has 50 heavy (non-hydrogen) atoms. The maximum Gasteiger partial charge on any atom is 1.00 e. The van der Waals surface area contributed by atoms with Crippen molar-refractivity contribution in [2.24, 2.45) is 5.11 Å². The molecule has 2 heterocycles. The number of carbonyl (C=O) groups excluding carboxylic acids is 1. The van der Waals surface area contributed by atoms with Gasteiger partial charge in [0.25, 0.3) is 13.4 Å². The Labute approximate surface area is 318 Å². The first-order valence-corrected chi connectivity index (χ1v) is 19.6. The van der Waals surface area contributed by atoms with E-state index in [1.807, 2.05) is 0 Å². The van der Waals surface area contributed by atoms with Crippen molar-refractivity contribution in [3.8, 4) is 0 Å². The maximum absolute atomic E-state index is 12.5. The van der Waals surface area contributed by atoms with Gasteiger partial charge in [0.15, 0.2) is 0 Å². The molecule has 1 aliphatic rings. The number of carbonyl (C=O) groups is 1. The number of rotatable bonds is 28. The number of amides is 1. The summed E-state index contributed by atoms with van der Waals surface area (Å²) in [5.41, 5.74) is 7.97. The number of phosphoric ester groups is 1. The fourth-order valence-electron chi connectivity index (χ4n) is 5.77. The van der Waals surface area contributed by atoms with E-state index in [0.29, 0.717) is 6.42 Å². The van der Waals surface area contributed by atoms with Gasteiger partial charge in [-0.1, -0.05) is 102 Å². The van der Waals surface area contributed by atoms with Crippen LogP contribution in [0.2, 0.25) is 0 Å². The number of azide groups is 1.